The fourth-order valence-electron chi connectivity index (χ4n) is 1.77. The standard InChI is InChI=1S/C13H14BrN3/c1-2-17-13(10-4-3-5-15-7-10)11-6-12(14)9-16-8-11/h3-9,13,17H,2H2,1H3. The second-order valence-corrected chi connectivity index (χ2v) is 4.63. The zero-order valence-corrected chi connectivity index (χ0v) is 11.2. The molecule has 0 aliphatic carbocycles. The molecule has 2 heterocycles. The Bertz CT molecular complexity index is 473. The number of hydrogen-bond acceptors (Lipinski definition) is 3. The van der Waals surface area contributed by atoms with Gasteiger partial charge < -0.3 is 5.32 Å². The van der Waals surface area contributed by atoms with Crippen LogP contribution in [0.5, 0.6) is 0 Å². The predicted octanol–water partition coefficient (Wildman–Crippen LogP) is 2.94. The minimum atomic E-state index is 0.138. The maximum atomic E-state index is 4.21. The molecule has 0 radical (unpaired) electrons. The zero-order valence-electron chi connectivity index (χ0n) is 9.60. The third-order valence-electron chi connectivity index (χ3n) is 2.49. The lowest BCUT2D eigenvalue weighted by Gasteiger charge is -2.18. The predicted molar refractivity (Wildman–Crippen MR) is 71.7 cm³/mol. The summed E-state index contributed by atoms with van der Waals surface area (Å²) in [6.07, 6.45) is 7.33. The van der Waals surface area contributed by atoms with Crippen LogP contribution in [-0.4, -0.2) is 16.5 Å². The molecule has 0 aliphatic rings. The van der Waals surface area contributed by atoms with Crippen molar-refractivity contribution in [1.82, 2.24) is 15.3 Å². The molecular weight excluding hydrogens is 278 g/mol. The van der Waals surface area contributed by atoms with Gasteiger partial charge in [0.15, 0.2) is 0 Å². The average molecular weight is 292 g/mol. The molecule has 0 fully saturated rings. The van der Waals surface area contributed by atoms with Crippen LogP contribution in [0.4, 0.5) is 0 Å². The summed E-state index contributed by atoms with van der Waals surface area (Å²) in [7, 11) is 0. The van der Waals surface area contributed by atoms with Crippen molar-refractivity contribution in [3.05, 3.63) is 58.6 Å². The van der Waals surface area contributed by atoms with E-state index in [9.17, 15) is 0 Å². The fraction of sp³-hybridized carbons (Fsp3) is 0.231. The highest BCUT2D eigenvalue weighted by Gasteiger charge is 2.13. The van der Waals surface area contributed by atoms with Crippen LogP contribution < -0.4 is 5.32 Å². The van der Waals surface area contributed by atoms with Crippen molar-refractivity contribution in [2.45, 2.75) is 13.0 Å². The Balaban J connectivity index is 2.35. The molecule has 0 amide bonds. The van der Waals surface area contributed by atoms with Gasteiger partial charge in [-0.05, 0) is 45.7 Å². The highest BCUT2D eigenvalue weighted by atomic mass is 79.9. The van der Waals surface area contributed by atoms with Crippen molar-refractivity contribution in [1.29, 1.82) is 0 Å². The Hall–Kier alpha value is -1.26. The van der Waals surface area contributed by atoms with Gasteiger partial charge in [0.05, 0.1) is 6.04 Å². The molecule has 0 aromatic carbocycles. The lowest BCUT2D eigenvalue weighted by Crippen LogP contribution is -2.22. The second-order valence-electron chi connectivity index (χ2n) is 3.71. The number of hydrogen-bond donors (Lipinski definition) is 1. The molecule has 1 atom stereocenters. The molecule has 2 rings (SSSR count). The molecule has 0 spiro atoms. The Morgan fingerprint density at radius 3 is 2.71 bits per heavy atom. The van der Waals surface area contributed by atoms with Crippen molar-refractivity contribution < 1.29 is 0 Å². The first-order chi connectivity index (χ1) is 8.31. The van der Waals surface area contributed by atoms with Gasteiger partial charge in [-0.1, -0.05) is 13.0 Å². The molecule has 0 saturated heterocycles. The van der Waals surface area contributed by atoms with Crippen molar-refractivity contribution in [2.24, 2.45) is 0 Å². The van der Waals surface area contributed by atoms with Crippen LogP contribution in [0.25, 0.3) is 0 Å². The highest BCUT2D eigenvalue weighted by molar-refractivity contribution is 9.10. The summed E-state index contributed by atoms with van der Waals surface area (Å²) >= 11 is 3.45. The lowest BCUT2D eigenvalue weighted by molar-refractivity contribution is 0.626. The van der Waals surface area contributed by atoms with E-state index in [-0.39, 0.29) is 6.04 Å². The largest absolute Gasteiger partial charge is 0.306 e. The molecule has 0 bridgehead atoms. The van der Waals surface area contributed by atoms with E-state index in [0.717, 1.165) is 22.1 Å². The van der Waals surface area contributed by atoms with Gasteiger partial charge in [0.1, 0.15) is 0 Å². The van der Waals surface area contributed by atoms with Crippen molar-refractivity contribution in [2.75, 3.05) is 6.54 Å². The molecule has 3 nitrogen and oxygen atoms in total. The average Bonchev–Trinajstić information content (AvgIpc) is 2.37. The molecule has 17 heavy (non-hydrogen) atoms. The summed E-state index contributed by atoms with van der Waals surface area (Å²) in [6, 6.07) is 6.23. The summed E-state index contributed by atoms with van der Waals surface area (Å²) in [5.41, 5.74) is 2.28. The zero-order chi connectivity index (χ0) is 12.1. The third kappa shape index (κ3) is 3.11. The Labute approximate surface area is 109 Å². The van der Waals surface area contributed by atoms with Crippen LogP contribution in [0.3, 0.4) is 0 Å². The molecule has 0 saturated carbocycles. The van der Waals surface area contributed by atoms with Gasteiger partial charge in [-0.25, -0.2) is 0 Å². The molecule has 1 N–H and O–H groups in total. The van der Waals surface area contributed by atoms with Crippen LogP contribution in [0.1, 0.15) is 24.1 Å². The summed E-state index contributed by atoms with van der Waals surface area (Å²) in [6.45, 7) is 2.99. The smallest absolute Gasteiger partial charge is 0.0607 e. The number of rotatable bonds is 4. The van der Waals surface area contributed by atoms with Gasteiger partial charge in [-0.2, -0.15) is 0 Å². The monoisotopic (exact) mass is 291 g/mol. The van der Waals surface area contributed by atoms with Crippen LogP contribution in [0.15, 0.2) is 47.5 Å². The van der Waals surface area contributed by atoms with E-state index in [0.29, 0.717) is 0 Å². The SMILES string of the molecule is CCNC(c1cccnc1)c1cncc(Br)c1. The van der Waals surface area contributed by atoms with Crippen LogP contribution in [0.2, 0.25) is 0 Å². The summed E-state index contributed by atoms with van der Waals surface area (Å²) < 4.78 is 0.988. The van der Waals surface area contributed by atoms with Gasteiger partial charge in [-0.3, -0.25) is 9.97 Å². The van der Waals surface area contributed by atoms with E-state index < -0.39 is 0 Å². The van der Waals surface area contributed by atoms with E-state index in [4.69, 9.17) is 0 Å². The Morgan fingerprint density at radius 1 is 1.24 bits per heavy atom. The maximum Gasteiger partial charge on any atom is 0.0607 e. The van der Waals surface area contributed by atoms with Crippen LogP contribution in [-0.2, 0) is 0 Å². The Kier molecular flexibility index (Phi) is 4.23. The first kappa shape index (κ1) is 12.2. The van der Waals surface area contributed by atoms with Gasteiger partial charge in [0.25, 0.3) is 0 Å². The number of pyridine rings is 2. The van der Waals surface area contributed by atoms with Crippen LogP contribution in [0, 0.1) is 0 Å². The van der Waals surface area contributed by atoms with Gasteiger partial charge in [0.2, 0.25) is 0 Å². The summed E-state index contributed by atoms with van der Waals surface area (Å²) in [5, 5.41) is 3.44. The Morgan fingerprint density at radius 2 is 2.06 bits per heavy atom. The first-order valence-corrected chi connectivity index (χ1v) is 6.34. The fourth-order valence-corrected chi connectivity index (χ4v) is 2.15. The molecule has 2 aromatic heterocycles. The number of nitrogens with zero attached hydrogens (tertiary/aromatic N) is 2. The minimum Gasteiger partial charge on any atom is -0.306 e. The minimum absolute atomic E-state index is 0.138. The maximum absolute atomic E-state index is 4.21. The van der Waals surface area contributed by atoms with Gasteiger partial charge in [-0.15, -0.1) is 0 Å². The number of nitrogens with one attached hydrogen (secondary N) is 1. The van der Waals surface area contributed by atoms with Gasteiger partial charge >= 0.3 is 0 Å². The number of aromatic nitrogens is 2. The summed E-state index contributed by atoms with van der Waals surface area (Å²) in [5.74, 6) is 0. The lowest BCUT2D eigenvalue weighted by atomic mass is 10.0. The quantitative estimate of drug-likeness (QED) is 0.941. The van der Waals surface area contributed by atoms with Crippen molar-refractivity contribution in [3.63, 3.8) is 0 Å². The second kappa shape index (κ2) is 5.89. The third-order valence-corrected chi connectivity index (χ3v) is 2.92. The van der Waals surface area contributed by atoms with E-state index in [1.165, 1.54) is 0 Å². The molecule has 88 valence electrons. The summed E-state index contributed by atoms with van der Waals surface area (Å²) in [4.78, 5) is 8.37. The normalized spacial score (nSPS) is 12.4. The highest BCUT2D eigenvalue weighted by Crippen LogP contribution is 2.22. The topological polar surface area (TPSA) is 37.8 Å². The molecular formula is C13H14BrN3. The molecule has 1 unspecified atom stereocenters. The van der Waals surface area contributed by atoms with Crippen LogP contribution >= 0.6 is 15.9 Å². The first-order valence-electron chi connectivity index (χ1n) is 5.55. The molecule has 2 aromatic rings. The van der Waals surface area contributed by atoms with E-state index in [1.54, 1.807) is 12.4 Å². The molecule has 4 heteroatoms. The van der Waals surface area contributed by atoms with E-state index >= 15 is 0 Å². The van der Waals surface area contributed by atoms with Crippen molar-refractivity contribution >= 4 is 15.9 Å². The molecule has 0 aliphatic heterocycles. The van der Waals surface area contributed by atoms with Gasteiger partial charge in [0, 0.05) is 29.3 Å². The van der Waals surface area contributed by atoms with E-state index in [2.05, 4.69) is 50.3 Å². The number of halogens is 1. The van der Waals surface area contributed by atoms with Crippen molar-refractivity contribution in [3.8, 4) is 0 Å². The van der Waals surface area contributed by atoms with E-state index in [1.807, 2.05) is 18.5 Å².